The molecule has 120 valence electrons. The van der Waals surface area contributed by atoms with Crippen molar-refractivity contribution in [2.75, 3.05) is 10.6 Å². The Hall–Kier alpha value is -2.86. The van der Waals surface area contributed by atoms with Crippen molar-refractivity contribution < 1.29 is 14.0 Å². The molecule has 3 rings (SSSR count). The molecule has 3 aromatic rings. The SMILES string of the molecule is O=C(Nc1cccc(NC(=O)c2ccccc2Br)c1)c1ccco1. The fourth-order valence-corrected chi connectivity index (χ4v) is 2.58. The number of amides is 2. The normalized spacial score (nSPS) is 10.2. The van der Waals surface area contributed by atoms with E-state index in [2.05, 4.69) is 26.6 Å². The summed E-state index contributed by atoms with van der Waals surface area (Å²) in [5, 5.41) is 5.52. The maximum Gasteiger partial charge on any atom is 0.291 e. The molecule has 24 heavy (non-hydrogen) atoms. The Morgan fingerprint density at radius 2 is 1.54 bits per heavy atom. The summed E-state index contributed by atoms with van der Waals surface area (Å²) in [6.07, 6.45) is 1.43. The molecule has 0 aliphatic rings. The van der Waals surface area contributed by atoms with E-state index in [1.165, 1.54) is 6.26 Å². The first-order valence-electron chi connectivity index (χ1n) is 7.14. The standard InChI is InChI=1S/C18H13BrN2O3/c19-15-8-2-1-7-14(15)17(22)20-12-5-3-6-13(11-12)21-18(23)16-9-4-10-24-16/h1-11H,(H,20,22)(H,21,23). The second-order valence-electron chi connectivity index (χ2n) is 4.95. The number of halogens is 1. The lowest BCUT2D eigenvalue weighted by Gasteiger charge is -2.09. The van der Waals surface area contributed by atoms with Gasteiger partial charge < -0.3 is 15.1 Å². The highest BCUT2D eigenvalue weighted by atomic mass is 79.9. The summed E-state index contributed by atoms with van der Waals surface area (Å²) < 4.78 is 5.76. The van der Waals surface area contributed by atoms with Crippen molar-refractivity contribution in [1.29, 1.82) is 0 Å². The van der Waals surface area contributed by atoms with Crippen molar-refractivity contribution >= 4 is 39.1 Å². The fourth-order valence-electron chi connectivity index (χ4n) is 2.12. The molecule has 2 N–H and O–H groups in total. The third kappa shape index (κ3) is 3.72. The number of rotatable bonds is 4. The van der Waals surface area contributed by atoms with Crippen molar-refractivity contribution in [3.63, 3.8) is 0 Å². The van der Waals surface area contributed by atoms with Crippen LogP contribution in [0.4, 0.5) is 11.4 Å². The first kappa shape index (κ1) is 16.0. The van der Waals surface area contributed by atoms with E-state index in [4.69, 9.17) is 4.42 Å². The van der Waals surface area contributed by atoms with Crippen LogP contribution in [0.1, 0.15) is 20.9 Å². The number of furan rings is 1. The summed E-state index contributed by atoms with van der Waals surface area (Å²) in [5.41, 5.74) is 1.66. The van der Waals surface area contributed by atoms with Gasteiger partial charge >= 0.3 is 0 Å². The van der Waals surface area contributed by atoms with Crippen molar-refractivity contribution in [2.45, 2.75) is 0 Å². The highest BCUT2D eigenvalue weighted by Crippen LogP contribution is 2.20. The average molecular weight is 385 g/mol. The van der Waals surface area contributed by atoms with Gasteiger partial charge in [0.2, 0.25) is 0 Å². The molecule has 2 amide bonds. The summed E-state index contributed by atoms with van der Waals surface area (Å²) in [6, 6.07) is 17.3. The average Bonchev–Trinajstić information content (AvgIpc) is 3.10. The Labute approximate surface area is 146 Å². The second-order valence-corrected chi connectivity index (χ2v) is 5.80. The van der Waals surface area contributed by atoms with E-state index < -0.39 is 0 Å². The van der Waals surface area contributed by atoms with Crippen LogP contribution in [0.3, 0.4) is 0 Å². The molecule has 1 heterocycles. The van der Waals surface area contributed by atoms with Crippen LogP contribution in [0.15, 0.2) is 75.8 Å². The van der Waals surface area contributed by atoms with Crippen molar-refractivity contribution in [2.24, 2.45) is 0 Å². The van der Waals surface area contributed by atoms with Crippen molar-refractivity contribution in [3.8, 4) is 0 Å². The highest BCUT2D eigenvalue weighted by molar-refractivity contribution is 9.10. The molecule has 0 saturated carbocycles. The maximum absolute atomic E-state index is 12.3. The largest absolute Gasteiger partial charge is 0.459 e. The molecule has 0 bridgehead atoms. The van der Waals surface area contributed by atoms with E-state index in [-0.39, 0.29) is 17.6 Å². The summed E-state index contributed by atoms with van der Waals surface area (Å²) in [7, 11) is 0. The Morgan fingerprint density at radius 1 is 0.833 bits per heavy atom. The summed E-state index contributed by atoms with van der Waals surface area (Å²) in [6.45, 7) is 0. The summed E-state index contributed by atoms with van der Waals surface area (Å²) >= 11 is 3.35. The Bertz CT molecular complexity index is 875. The van der Waals surface area contributed by atoms with Crippen LogP contribution >= 0.6 is 15.9 Å². The van der Waals surface area contributed by atoms with Crippen LogP contribution in [0.25, 0.3) is 0 Å². The van der Waals surface area contributed by atoms with Crippen molar-refractivity contribution in [3.05, 3.63) is 82.7 Å². The Morgan fingerprint density at radius 3 is 2.21 bits per heavy atom. The number of hydrogen-bond donors (Lipinski definition) is 2. The molecular weight excluding hydrogens is 372 g/mol. The van der Waals surface area contributed by atoms with Gasteiger partial charge in [-0.25, -0.2) is 0 Å². The molecule has 0 radical (unpaired) electrons. The molecule has 6 heteroatoms. The van der Waals surface area contributed by atoms with Crippen LogP contribution in [0, 0.1) is 0 Å². The van der Waals surface area contributed by atoms with Crippen LogP contribution in [-0.2, 0) is 0 Å². The maximum atomic E-state index is 12.3. The first-order chi connectivity index (χ1) is 11.6. The third-order valence-electron chi connectivity index (χ3n) is 3.24. The lowest BCUT2D eigenvalue weighted by atomic mass is 10.2. The zero-order valence-electron chi connectivity index (χ0n) is 12.5. The zero-order chi connectivity index (χ0) is 16.9. The van der Waals surface area contributed by atoms with Crippen LogP contribution in [-0.4, -0.2) is 11.8 Å². The van der Waals surface area contributed by atoms with E-state index in [1.807, 2.05) is 6.07 Å². The van der Waals surface area contributed by atoms with E-state index in [0.29, 0.717) is 21.4 Å². The van der Waals surface area contributed by atoms with Gasteiger partial charge in [-0.05, 0) is 58.4 Å². The van der Waals surface area contributed by atoms with E-state index in [9.17, 15) is 9.59 Å². The van der Waals surface area contributed by atoms with Gasteiger partial charge in [-0.2, -0.15) is 0 Å². The number of benzene rings is 2. The molecule has 0 aliphatic heterocycles. The van der Waals surface area contributed by atoms with Gasteiger partial charge in [0, 0.05) is 15.8 Å². The molecule has 5 nitrogen and oxygen atoms in total. The van der Waals surface area contributed by atoms with Gasteiger partial charge in [-0.3, -0.25) is 9.59 Å². The monoisotopic (exact) mass is 384 g/mol. The van der Waals surface area contributed by atoms with Crippen LogP contribution in [0.2, 0.25) is 0 Å². The van der Waals surface area contributed by atoms with Gasteiger partial charge in [0.05, 0.1) is 11.8 Å². The van der Waals surface area contributed by atoms with Gasteiger partial charge in [0.15, 0.2) is 5.76 Å². The molecular formula is C18H13BrN2O3. The van der Waals surface area contributed by atoms with E-state index >= 15 is 0 Å². The minimum absolute atomic E-state index is 0.220. The number of nitrogens with one attached hydrogen (secondary N) is 2. The first-order valence-corrected chi connectivity index (χ1v) is 7.93. The molecule has 0 saturated heterocycles. The van der Waals surface area contributed by atoms with E-state index in [0.717, 1.165) is 0 Å². The van der Waals surface area contributed by atoms with Crippen LogP contribution in [0.5, 0.6) is 0 Å². The second kappa shape index (κ2) is 7.14. The minimum atomic E-state index is -0.353. The minimum Gasteiger partial charge on any atom is -0.459 e. The van der Waals surface area contributed by atoms with Gasteiger partial charge in [-0.1, -0.05) is 18.2 Å². The quantitative estimate of drug-likeness (QED) is 0.692. The zero-order valence-corrected chi connectivity index (χ0v) is 14.0. The Kier molecular flexibility index (Phi) is 4.77. The molecule has 0 spiro atoms. The molecule has 0 fully saturated rings. The smallest absolute Gasteiger partial charge is 0.291 e. The highest BCUT2D eigenvalue weighted by Gasteiger charge is 2.11. The third-order valence-corrected chi connectivity index (χ3v) is 3.93. The molecule has 0 aliphatic carbocycles. The van der Waals surface area contributed by atoms with E-state index in [1.54, 1.807) is 54.6 Å². The Balaban J connectivity index is 1.72. The van der Waals surface area contributed by atoms with Gasteiger partial charge in [-0.15, -0.1) is 0 Å². The number of anilines is 2. The number of carbonyl (C=O) groups excluding carboxylic acids is 2. The molecule has 1 aromatic heterocycles. The van der Waals surface area contributed by atoms with Crippen LogP contribution < -0.4 is 10.6 Å². The fraction of sp³-hybridized carbons (Fsp3) is 0. The predicted molar refractivity (Wildman–Crippen MR) is 95.2 cm³/mol. The topological polar surface area (TPSA) is 71.3 Å². The lowest BCUT2D eigenvalue weighted by molar-refractivity contribution is 0.0995. The molecule has 2 aromatic carbocycles. The van der Waals surface area contributed by atoms with Gasteiger partial charge in [0.1, 0.15) is 0 Å². The summed E-state index contributed by atoms with van der Waals surface area (Å²) in [4.78, 5) is 24.3. The number of carbonyl (C=O) groups is 2. The number of hydrogen-bond acceptors (Lipinski definition) is 3. The summed E-state index contributed by atoms with van der Waals surface area (Å²) in [5.74, 6) is -0.371. The predicted octanol–water partition coefficient (Wildman–Crippen LogP) is 4.55. The van der Waals surface area contributed by atoms with Crippen molar-refractivity contribution in [1.82, 2.24) is 0 Å². The lowest BCUT2D eigenvalue weighted by Crippen LogP contribution is -2.14. The molecule has 0 atom stereocenters. The van der Waals surface area contributed by atoms with Gasteiger partial charge in [0.25, 0.3) is 11.8 Å². The molecule has 0 unspecified atom stereocenters.